The summed E-state index contributed by atoms with van der Waals surface area (Å²) in [5.41, 5.74) is 5.63. The summed E-state index contributed by atoms with van der Waals surface area (Å²) in [4.78, 5) is 3.15. The number of hydrogen-bond donors (Lipinski definition) is 1. The van der Waals surface area contributed by atoms with E-state index in [-0.39, 0.29) is 0 Å². The van der Waals surface area contributed by atoms with Gasteiger partial charge < -0.3 is 10.5 Å². The number of thiocarbonyl (C=S) groups is 1. The fraction of sp³-hybridized carbons (Fsp3) is 0.909. The second kappa shape index (κ2) is 6.40. The highest BCUT2D eigenvalue weighted by Gasteiger charge is 2.32. The van der Waals surface area contributed by atoms with E-state index in [1.54, 1.807) is 7.11 Å². The first-order valence-corrected chi connectivity index (χ1v) is 6.12. The van der Waals surface area contributed by atoms with E-state index in [0.717, 1.165) is 32.0 Å². The van der Waals surface area contributed by atoms with E-state index in [2.05, 4.69) is 11.8 Å². The van der Waals surface area contributed by atoms with Crippen molar-refractivity contribution in [3.05, 3.63) is 0 Å². The lowest BCUT2D eigenvalue weighted by molar-refractivity contribution is 0.113. The van der Waals surface area contributed by atoms with Crippen molar-refractivity contribution in [2.75, 3.05) is 20.3 Å². The molecule has 4 heteroatoms. The van der Waals surface area contributed by atoms with Gasteiger partial charge in [-0.2, -0.15) is 0 Å². The Kier molecular flexibility index (Phi) is 5.50. The Labute approximate surface area is 98.0 Å². The largest absolute Gasteiger partial charge is 0.393 e. The summed E-state index contributed by atoms with van der Waals surface area (Å²) in [5.74, 6) is 0. The molecule has 0 aromatic heterocycles. The Morgan fingerprint density at radius 1 is 1.60 bits per heavy atom. The van der Waals surface area contributed by atoms with Gasteiger partial charge in [-0.1, -0.05) is 19.1 Å². The molecule has 0 saturated heterocycles. The van der Waals surface area contributed by atoms with E-state index in [9.17, 15) is 0 Å². The van der Waals surface area contributed by atoms with Crippen LogP contribution in [-0.2, 0) is 4.74 Å². The minimum absolute atomic E-state index is 0.505. The smallest absolute Gasteiger partial charge is 0.0743 e. The molecule has 2 N–H and O–H groups in total. The summed E-state index contributed by atoms with van der Waals surface area (Å²) in [7, 11) is 1.75. The van der Waals surface area contributed by atoms with Crippen LogP contribution in [0.15, 0.2) is 0 Å². The highest BCUT2D eigenvalue weighted by molar-refractivity contribution is 7.80. The van der Waals surface area contributed by atoms with Crippen LogP contribution in [0.3, 0.4) is 0 Å². The standard InChI is InChI=1S/C11H22N2OS/c1-3-9(8-11(12)15)13(6-7-14-2)10-4-5-10/h9-10H,3-8H2,1-2H3,(H2,12,15). The van der Waals surface area contributed by atoms with Gasteiger partial charge in [0.05, 0.1) is 11.6 Å². The van der Waals surface area contributed by atoms with Crippen LogP contribution in [0.25, 0.3) is 0 Å². The molecular weight excluding hydrogens is 208 g/mol. The van der Waals surface area contributed by atoms with Gasteiger partial charge >= 0.3 is 0 Å². The number of hydrogen-bond acceptors (Lipinski definition) is 3. The molecule has 1 fully saturated rings. The number of nitrogens with zero attached hydrogens (tertiary/aromatic N) is 1. The van der Waals surface area contributed by atoms with Crippen molar-refractivity contribution < 1.29 is 4.74 Å². The number of rotatable bonds is 8. The molecule has 1 saturated carbocycles. The van der Waals surface area contributed by atoms with Crippen molar-refractivity contribution in [2.45, 2.75) is 44.7 Å². The summed E-state index contributed by atoms with van der Waals surface area (Å²) in [5, 5.41) is 0. The zero-order valence-corrected chi connectivity index (χ0v) is 10.6. The normalized spacial score (nSPS) is 18.1. The Balaban J connectivity index is 2.46. The summed E-state index contributed by atoms with van der Waals surface area (Å²) >= 11 is 5.00. The van der Waals surface area contributed by atoms with Gasteiger partial charge in [-0.3, -0.25) is 4.90 Å². The molecule has 0 radical (unpaired) electrons. The van der Waals surface area contributed by atoms with Crippen LogP contribution in [0.1, 0.15) is 32.6 Å². The molecule has 3 nitrogen and oxygen atoms in total. The average Bonchev–Trinajstić information content (AvgIpc) is 3.00. The third kappa shape index (κ3) is 4.45. The Bertz CT molecular complexity index is 207. The molecule has 0 aliphatic heterocycles. The molecule has 0 heterocycles. The van der Waals surface area contributed by atoms with Crippen LogP contribution in [0.4, 0.5) is 0 Å². The highest BCUT2D eigenvalue weighted by atomic mass is 32.1. The fourth-order valence-electron chi connectivity index (χ4n) is 1.99. The lowest BCUT2D eigenvalue weighted by Crippen LogP contribution is -2.41. The van der Waals surface area contributed by atoms with E-state index in [0.29, 0.717) is 11.0 Å². The van der Waals surface area contributed by atoms with Gasteiger partial charge in [-0.15, -0.1) is 0 Å². The maximum atomic E-state index is 5.63. The molecule has 1 atom stereocenters. The topological polar surface area (TPSA) is 38.5 Å². The molecule has 15 heavy (non-hydrogen) atoms. The minimum atomic E-state index is 0.505. The van der Waals surface area contributed by atoms with E-state index in [1.807, 2.05) is 0 Å². The monoisotopic (exact) mass is 230 g/mol. The minimum Gasteiger partial charge on any atom is -0.393 e. The van der Waals surface area contributed by atoms with Gasteiger partial charge in [0.25, 0.3) is 0 Å². The van der Waals surface area contributed by atoms with Gasteiger partial charge in [0.15, 0.2) is 0 Å². The number of nitrogens with two attached hydrogens (primary N) is 1. The van der Waals surface area contributed by atoms with Crippen molar-refractivity contribution in [2.24, 2.45) is 5.73 Å². The summed E-state index contributed by atoms with van der Waals surface area (Å²) in [6.07, 6.45) is 4.58. The number of ether oxygens (including phenoxy) is 1. The number of methoxy groups -OCH3 is 1. The molecule has 0 aromatic rings. The first kappa shape index (κ1) is 12.9. The molecule has 1 unspecified atom stereocenters. The first-order chi connectivity index (χ1) is 7.19. The zero-order chi connectivity index (χ0) is 11.3. The fourth-order valence-corrected chi connectivity index (χ4v) is 2.19. The highest BCUT2D eigenvalue weighted by Crippen LogP contribution is 2.30. The van der Waals surface area contributed by atoms with Gasteiger partial charge in [-0.05, 0) is 19.3 Å². The van der Waals surface area contributed by atoms with Gasteiger partial charge in [0.2, 0.25) is 0 Å². The molecule has 0 bridgehead atoms. The van der Waals surface area contributed by atoms with Crippen LogP contribution in [0.2, 0.25) is 0 Å². The lowest BCUT2D eigenvalue weighted by Gasteiger charge is -2.30. The van der Waals surface area contributed by atoms with Gasteiger partial charge in [0.1, 0.15) is 0 Å². The van der Waals surface area contributed by atoms with Crippen molar-refractivity contribution in [1.29, 1.82) is 0 Å². The predicted octanol–water partition coefficient (Wildman–Crippen LogP) is 1.55. The van der Waals surface area contributed by atoms with Crippen LogP contribution in [0.5, 0.6) is 0 Å². The Morgan fingerprint density at radius 3 is 2.67 bits per heavy atom. The summed E-state index contributed by atoms with van der Waals surface area (Å²) in [6.45, 7) is 4.00. The third-order valence-electron chi connectivity index (χ3n) is 2.95. The molecule has 1 rings (SSSR count). The molecule has 1 aliphatic rings. The van der Waals surface area contributed by atoms with E-state index < -0.39 is 0 Å². The van der Waals surface area contributed by atoms with Crippen molar-refractivity contribution in [3.63, 3.8) is 0 Å². The maximum Gasteiger partial charge on any atom is 0.0743 e. The van der Waals surface area contributed by atoms with E-state index in [1.165, 1.54) is 12.8 Å². The van der Waals surface area contributed by atoms with Crippen LogP contribution in [0, 0.1) is 0 Å². The Hall–Kier alpha value is -0.190. The molecule has 88 valence electrons. The van der Waals surface area contributed by atoms with Crippen LogP contribution < -0.4 is 5.73 Å². The predicted molar refractivity (Wildman–Crippen MR) is 67.1 cm³/mol. The lowest BCUT2D eigenvalue weighted by atomic mass is 10.1. The maximum absolute atomic E-state index is 5.63. The van der Waals surface area contributed by atoms with Gasteiger partial charge in [-0.25, -0.2) is 0 Å². The quantitative estimate of drug-likeness (QED) is 0.642. The van der Waals surface area contributed by atoms with Crippen molar-refractivity contribution in [3.8, 4) is 0 Å². The van der Waals surface area contributed by atoms with Gasteiger partial charge in [0, 0.05) is 32.2 Å². The average molecular weight is 230 g/mol. The zero-order valence-electron chi connectivity index (χ0n) is 9.74. The van der Waals surface area contributed by atoms with E-state index in [4.69, 9.17) is 22.7 Å². The first-order valence-electron chi connectivity index (χ1n) is 5.72. The second-order valence-corrected chi connectivity index (χ2v) is 4.72. The molecule has 0 aromatic carbocycles. The second-order valence-electron chi connectivity index (χ2n) is 4.19. The molecular formula is C11H22N2OS. The van der Waals surface area contributed by atoms with Crippen LogP contribution in [-0.4, -0.2) is 42.2 Å². The molecule has 1 aliphatic carbocycles. The van der Waals surface area contributed by atoms with Crippen molar-refractivity contribution in [1.82, 2.24) is 4.90 Å². The van der Waals surface area contributed by atoms with Crippen LogP contribution >= 0.6 is 12.2 Å². The third-order valence-corrected chi connectivity index (χ3v) is 3.11. The molecule has 0 amide bonds. The molecule has 0 spiro atoms. The van der Waals surface area contributed by atoms with Crippen molar-refractivity contribution >= 4 is 17.2 Å². The SMILES string of the molecule is CCC(CC(N)=S)N(CCOC)C1CC1. The Morgan fingerprint density at radius 2 is 2.27 bits per heavy atom. The summed E-state index contributed by atoms with van der Waals surface area (Å²) in [6, 6.07) is 1.25. The summed E-state index contributed by atoms with van der Waals surface area (Å²) < 4.78 is 5.14. The van der Waals surface area contributed by atoms with E-state index >= 15 is 0 Å².